The number of nitrogens with zero attached hydrogens (tertiary/aromatic N) is 1. The number of hydrogen-bond donors (Lipinski definition) is 0. The zero-order valence-electron chi connectivity index (χ0n) is 38.8. The molecule has 0 aliphatic heterocycles. The van der Waals surface area contributed by atoms with Gasteiger partial charge in [-0.3, -0.25) is 9.59 Å². The van der Waals surface area contributed by atoms with Gasteiger partial charge in [-0.2, -0.15) is 0 Å². The number of likely N-dealkylation sites (N-methyl/N-ethyl adjacent to an activating group) is 1. The summed E-state index contributed by atoms with van der Waals surface area (Å²) in [5, 5.41) is 11.6. The molecule has 342 valence electrons. The van der Waals surface area contributed by atoms with E-state index in [0.29, 0.717) is 12.8 Å². The third-order valence-electron chi connectivity index (χ3n) is 10.0. The molecule has 0 aliphatic carbocycles. The summed E-state index contributed by atoms with van der Waals surface area (Å²) in [6, 6.07) is -0.739. The smallest absolute Gasteiger partial charge is 0.306 e. The van der Waals surface area contributed by atoms with E-state index in [-0.39, 0.29) is 49.1 Å². The van der Waals surface area contributed by atoms with Gasteiger partial charge in [0.05, 0.1) is 40.3 Å². The largest absolute Gasteiger partial charge is 0.544 e. The Morgan fingerprint density at radius 2 is 0.933 bits per heavy atom. The van der Waals surface area contributed by atoms with Gasteiger partial charge in [-0.15, -0.1) is 0 Å². The van der Waals surface area contributed by atoms with Crippen LogP contribution in [0.15, 0.2) is 85.1 Å². The Balaban J connectivity index is 4.41. The van der Waals surface area contributed by atoms with Gasteiger partial charge in [-0.25, -0.2) is 0 Å². The minimum absolute atomic E-state index is 0.0177. The van der Waals surface area contributed by atoms with Gasteiger partial charge in [0.1, 0.15) is 12.6 Å². The number of unbranched alkanes of at least 4 members (excludes halogenated alkanes) is 13. The molecule has 0 bridgehead atoms. The zero-order valence-corrected chi connectivity index (χ0v) is 38.8. The van der Waals surface area contributed by atoms with Crippen molar-refractivity contribution in [1.29, 1.82) is 0 Å². The number of carbonyl (C=O) groups excluding carboxylic acids is 3. The molecule has 0 aromatic rings. The van der Waals surface area contributed by atoms with Crippen molar-refractivity contribution in [2.45, 2.75) is 187 Å². The molecule has 0 aromatic carbocycles. The van der Waals surface area contributed by atoms with Crippen LogP contribution < -0.4 is 5.11 Å². The Labute approximate surface area is 367 Å². The summed E-state index contributed by atoms with van der Waals surface area (Å²) < 4.78 is 17.1. The number of carbonyl (C=O) groups is 3. The quantitative estimate of drug-likeness (QED) is 0.0261. The molecular weight excluding hydrogens is 751 g/mol. The first-order valence-corrected chi connectivity index (χ1v) is 23.6. The van der Waals surface area contributed by atoms with E-state index in [1.54, 1.807) is 21.1 Å². The number of quaternary nitrogens is 1. The van der Waals surface area contributed by atoms with Crippen molar-refractivity contribution in [1.82, 2.24) is 0 Å². The number of carboxylic acids is 1. The van der Waals surface area contributed by atoms with E-state index in [2.05, 4.69) is 98.9 Å². The van der Waals surface area contributed by atoms with E-state index in [4.69, 9.17) is 14.2 Å². The summed E-state index contributed by atoms with van der Waals surface area (Å²) >= 11 is 0. The molecule has 8 nitrogen and oxygen atoms in total. The van der Waals surface area contributed by atoms with Gasteiger partial charge in [0, 0.05) is 19.3 Å². The van der Waals surface area contributed by atoms with Crippen LogP contribution in [0.5, 0.6) is 0 Å². The lowest BCUT2D eigenvalue weighted by molar-refractivity contribution is -0.889. The highest BCUT2D eigenvalue weighted by Crippen LogP contribution is 2.12. The molecule has 2 unspecified atom stereocenters. The van der Waals surface area contributed by atoms with Gasteiger partial charge >= 0.3 is 11.9 Å². The van der Waals surface area contributed by atoms with E-state index >= 15 is 0 Å². The SMILES string of the molecule is CC/C=C/C/C=C/C/C=C/C/C=C/C/C=C/C/C=C/CCCCCC(=O)OC(COCCC(C(=O)[O-])[N+](C)(C)C)COC(=O)CCCCC/C=C/CCCCCCCCC. The van der Waals surface area contributed by atoms with Gasteiger partial charge in [0.2, 0.25) is 0 Å². The molecule has 0 aliphatic rings. The second-order valence-electron chi connectivity index (χ2n) is 16.6. The first kappa shape index (κ1) is 56.5. The maximum absolute atomic E-state index is 12.7. The number of esters is 2. The van der Waals surface area contributed by atoms with Crippen molar-refractivity contribution in [3.05, 3.63) is 85.1 Å². The van der Waals surface area contributed by atoms with Crippen molar-refractivity contribution in [3.63, 3.8) is 0 Å². The highest BCUT2D eigenvalue weighted by molar-refractivity contribution is 5.70. The Bertz CT molecular complexity index is 1250. The summed E-state index contributed by atoms with van der Waals surface area (Å²) in [7, 11) is 5.38. The van der Waals surface area contributed by atoms with Gasteiger partial charge in [0.15, 0.2) is 6.10 Å². The molecule has 0 spiro atoms. The molecular formula is C52H87NO7. The lowest BCUT2D eigenvalue weighted by Gasteiger charge is -2.34. The van der Waals surface area contributed by atoms with E-state index in [0.717, 1.165) is 89.9 Å². The van der Waals surface area contributed by atoms with Gasteiger partial charge < -0.3 is 28.6 Å². The van der Waals surface area contributed by atoms with Crippen LogP contribution in [0.3, 0.4) is 0 Å². The monoisotopic (exact) mass is 838 g/mol. The minimum Gasteiger partial charge on any atom is -0.544 e. The standard InChI is InChI=1S/C52H87NO7/c1-6-8-10-12-14-16-18-20-22-23-24-25-26-27-28-29-31-33-35-37-39-41-43-51(55)60-48(46-58-45-44-49(52(56)57)53(3,4)5)47-59-50(54)42-40-38-36-34-32-30-21-19-17-15-13-11-9-7-2/h8,10,14,16,20,22,24-25,27-28,30-33,48-49H,6-7,9,11-13,15,17-19,21,23,26,29,34-47H2,1-5H3/b10-8+,16-14+,22-20+,25-24+,28-27+,32-30+,33-31+. The first-order chi connectivity index (χ1) is 29.1. The van der Waals surface area contributed by atoms with Crippen LogP contribution >= 0.6 is 0 Å². The number of aliphatic carboxylic acids is 1. The second kappa shape index (κ2) is 42.2. The average molecular weight is 838 g/mol. The number of rotatable bonds is 41. The Kier molecular flexibility index (Phi) is 39.8. The van der Waals surface area contributed by atoms with Crippen molar-refractivity contribution in [2.24, 2.45) is 0 Å². The molecule has 0 amide bonds. The zero-order chi connectivity index (χ0) is 44.2. The summed E-state index contributed by atoms with van der Waals surface area (Å²) in [6.45, 7) is 4.48. The van der Waals surface area contributed by atoms with Gasteiger partial charge in [-0.05, 0) is 89.9 Å². The highest BCUT2D eigenvalue weighted by atomic mass is 16.6. The topological polar surface area (TPSA) is 102 Å². The highest BCUT2D eigenvalue weighted by Gasteiger charge is 2.25. The minimum atomic E-state index is -1.14. The molecule has 0 saturated heterocycles. The summed E-state index contributed by atoms with van der Waals surface area (Å²) in [6.07, 6.45) is 54.7. The average Bonchev–Trinajstić information content (AvgIpc) is 3.21. The lowest BCUT2D eigenvalue weighted by atomic mass is 10.1. The Hall–Kier alpha value is -3.49. The van der Waals surface area contributed by atoms with E-state index in [9.17, 15) is 19.5 Å². The predicted molar refractivity (Wildman–Crippen MR) is 249 cm³/mol. The molecule has 60 heavy (non-hydrogen) atoms. The Morgan fingerprint density at radius 1 is 0.517 bits per heavy atom. The van der Waals surface area contributed by atoms with Crippen LogP contribution in [0.4, 0.5) is 0 Å². The van der Waals surface area contributed by atoms with Crippen LogP contribution in [0.2, 0.25) is 0 Å². The molecule has 0 heterocycles. The number of hydrogen-bond acceptors (Lipinski definition) is 7. The fraction of sp³-hybridized carbons (Fsp3) is 0.673. The van der Waals surface area contributed by atoms with Crippen LogP contribution in [0.25, 0.3) is 0 Å². The van der Waals surface area contributed by atoms with Crippen LogP contribution in [0.1, 0.15) is 174 Å². The normalized spacial score (nSPS) is 13.7. The van der Waals surface area contributed by atoms with E-state index in [1.165, 1.54) is 44.9 Å². The summed E-state index contributed by atoms with van der Waals surface area (Å²) in [5.41, 5.74) is 0. The van der Waals surface area contributed by atoms with Gasteiger partial charge in [-0.1, -0.05) is 150 Å². The number of ether oxygens (including phenoxy) is 3. The third kappa shape index (κ3) is 39.9. The molecule has 0 saturated carbocycles. The summed E-state index contributed by atoms with van der Waals surface area (Å²) in [5.74, 6) is -1.81. The van der Waals surface area contributed by atoms with Crippen LogP contribution in [-0.2, 0) is 28.6 Å². The molecule has 0 radical (unpaired) electrons. The molecule has 0 aromatic heterocycles. The number of carboxylic acid groups (broad SMARTS) is 1. The number of allylic oxidation sites excluding steroid dienone is 14. The fourth-order valence-corrected chi connectivity index (χ4v) is 6.36. The Morgan fingerprint density at radius 3 is 1.40 bits per heavy atom. The lowest BCUT2D eigenvalue weighted by Crippen LogP contribution is -2.55. The van der Waals surface area contributed by atoms with Crippen LogP contribution in [0, 0.1) is 0 Å². The molecule has 8 heteroatoms. The first-order valence-electron chi connectivity index (χ1n) is 23.6. The third-order valence-corrected chi connectivity index (χ3v) is 10.0. The second-order valence-corrected chi connectivity index (χ2v) is 16.6. The van der Waals surface area contributed by atoms with Crippen molar-refractivity contribution in [3.8, 4) is 0 Å². The van der Waals surface area contributed by atoms with Gasteiger partial charge in [0.25, 0.3) is 0 Å². The molecule has 0 N–H and O–H groups in total. The van der Waals surface area contributed by atoms with Crippen molar-refractivity contribution in [2.75, 3.05) is 41.0 Å². The maximum atomic E-state index is 12.7. The molecule has 2 atom stereocenters. The van der Waals surface area contributed by atoms with Crippen molar-refractivity contribution >= 4 is 17.9 Å². The molecule has 0 fully saturated rings. The van der Waals surface area contributed by atoms with Crippen molar-refractivity contribution < 1.29 is 38.2 Å². The molecule has 0 rings (SSSR count). The van der Waals surface area contributed by atoms with E-state index < -0.39 is 18.1 Å². The van der Waals surface area contributed by atoms with Crippen LogP contribution in [-0.4, -0.2) is 75.5 Å². The van der Waals surface area contributed by atoms with E-state index in [1.807, 2.05) is 0 Å². The maximum Gasteiger partial charge on any atom is 0.306 e. The fourth-order valence-electron chi connectivity index (χ4n) is 6.36. The predicted octanol–water partition coefficient (Wildman–Crippen LogP) is 12.0. The summed E-state index contributed by atoms with van der Waals surface area (Å²) in [4.78, 5) is 36.9.